The van der Waals surface area contributed by atoms with Crippen molar-refractivity contribution in [1.82, 2.24) is 9.88 Å². The summed E-state index contributed by atoms with van der Waals surface area (Å²) in [6, 6.07) is 3.68. The molecule has 7 heteroatoms. The molecule has 0 aliphatic heterocycles. The zero-order valence-electron chi connectivity index (χ0n) is 14.9. The number of aromatic nitrogens is 1. The van der Waals surface area contributed by atoms with E-state index in [1.165, 1.54) is 22.4 Å². The van der Waals surface area contributed by atoms with Gasteiger partial charge in [-0.15, -0.1) is 11.3 Å². The van der Waals surface area contributed by atoms with Crippen LogP contribution in [-0.4, -0.2) is 21.6 Å². The second-order valence-electron chi connectivity index (χ2n) is 6.64. The van der Waals surface area contributed by atoms with E-state index >= 15 is 0 Å². The average Bonchev–Trinajstić information content (AvgIpc) is 2.86. The summed E-state index contributed by atoms with van der Waals surface area (Å²) in [5.74, 6) is 0. The number of amides is 1. The summed E-state index contributed by atoms with van der Waals surface area (Å²) in [7, 11) is 0. The van der Waals surface area contributed by atoms with Gasteiger partial charge in [-0.2, -0.15) is 0 Å². The number of hydrogen-bond acceptors (Lipinski definition) is 6. The van der Waals surface area contributed by atoms with E-state index in [0.29, 0.717) is 17.9 Å². The molecule has 0 fully saturated rings. The van der Waals surface area contributed by atoms with E-state index in [0.717, 1.165) is 16.0 Å². The van der Waals surface area contributed by atoms with Crippen LogP contribution in [0.3, 0.4) is 0 Å². The fourth-order valence-electron chi connectivity index (χ4n) is 2.18. The lowest BCUT2D eigenvalue weighted by molar-refractivity contribution is 0.0342. The van der Waals surface area contributed by atoms with Crippen molar-refractivity contribution < 1.29 is 9.53 Å². The number of anilines is 1. The molecule has 0 radical (unpaired) electrons. The van der Waals surface area contributed by atoms with Crippen molar-refractivity contribution >= 4 is 28.8 Å². The molecule has 2 heterocycles. The summed E-state index contributed by atoms with van der Waals surface area (Å²) >= 11 is 1.45. The van der Waals surface area contributed by atoms with Crippen molar-refractivity contribution in [1.29, 1.82) is 0 Å². The summed E-state index contributed by atoms with van der Waals surface area (Å²) in [4.78, 5) is 19.1. The first-order valence-corrected chi connectivity index (χ1v) is 8.76. The lowest BCUT2D eigenvalue weighted by atomic mass is 10.2. The molecule has 0 saturated carbocycles. The first kappa shape index (κ1) is 18.8. The van der Waals surface area contributed by atoms with E-state index in [2.05, 4.69) is 4.98 Å². The number of pyridine rings is 1. The Morgan fingerprint density at radius 1 is 1.36 bits per heavy atom. The predicted octanol–water partition coefficient (Wildman–Crippen LogP) is 3.73. The summed E-state index contributed by atoms with van der Waals surface area (Å²) in [5, 5.41) is 1.94. The largest absolute Gasteiger partial charge is 0.443 e. The van der Waals surface area contributed by atoms with Crippen molar-refractivity contribution in [3.8, 4) is 0 Å². The van der Waals surface area contributed by atoms with Crippen molar-refractivity contribution in [2.24, 2.45) is 5.73 Å². The Morgan fingerprint density at radius 2 is 2.00 bits per heavy atom. The summed E-state index contributed by atoms with van der Waals surface area (Å²) in [6.07, 6.45) is 4.27. The van der Waals surface area contributed by atoms with Crippen LogP contribution < -0.4 is 11.5 Å². The quantitative estimate of drug-likeness (QED) is 0.866. The van der Waals surface area contributed by atoms with Gasteiger partial charge in [0.25, 0.3) is 0 Å². The molecule has 0 bridgehead atoms. The third-order valence-electron chi connectivity index (χ3n) is 3.41. The number of carbonyl (C=O) groups excluding carboxylic acids is 1. The third kappa shape index (κ3) is 4.73. The van der Waals surface area contributed by atoms with Crippen LogP contribution in [0.25, 0.3) is 5.70 Å². The number of rotatable bonds is 4. The molecule has 0 aliphatic carbocycles. The highest BCUT2D eigenvalue weighted by molar-refractivity contribution is 7.11. The lowest BCUT2D eigenvalue weighted by Crippen LogP contribution is -2.35. The highest BCUT2D eigenvalue weighted by Gasteiger charge is 2.27. The topological polar surface area (TPSA) is 94.5 Å². The van der Waals surface area contributed by atoms with Crippen molar-refractivity contribution in [3.63, 3.8) is 0 Å². The third-order valence-corrected chi connectivity index (χ3v) is 4.54. The number of ether oxygens (including phenoxy) is 1. The molecule has 25 heavy (non-hydrogen) atoms. The molecule has 134 valence electrons. The van der Waals surface area contributed by atoms with E-state index in [-0.39, 0.29) is 0 Å². The van der Waals surface area contributed by atoms with Crippen LogP contribution in [0, 0.1) is 6.92 Å². The van der Waals surface area contributed by atoms with Gasteiger partial charge in [0.05, 0.1) is 22.8 Å². The second-order valence-corrected chi connectivity index (χ2v) is 7.52. The maximum Gasteiger partial charge on any atom is 0.415 e. The van der Waals surface area contributed by atoms with Gasteiger partial charge in [0, 0.05) is 18.6 Å². The van der Waals surface area contributed by atoms with Gasteiger partial charge in [0.2, 0.25) is 0 Å². The van der Waals surface area contributed by atoms with Crippen LogP contribution in [0.4, 0.5) is 10.5 Å². The van der Waals surface area contributed by atoms with Gasteiger partial charge in [0.15, 0.2) is 0 Å². The first-order chi connectivity index (χ1) is 11.7. The minimum atomic E-state index is -0.621. The van der Waals surface area contributed by atoms with Gasteiger partial charge in [-0.1, -0.05) is 0 Å². The van der Waals surface area contributed by atoms with Crippen molar-refractivity contribution in [2.75, 3.05) is 5.73 Å². The molecule has 1 amide bonds. The summed E-state index contributed by atoms with van der Waals surface area (Å²) in [6.45, 7) is 7.70. The molecule has 0 aromatic carbocycles. The molecule has 0 saturated heterocycles. The Balaban J connectivity index is 2.42. The standard InChI is InChI=1S/C18H24N4O2S/c1-12-11-25-16(15(12)20)14(9-19)22(17(23)24-18(2,3)4)10-13-5-7-21-8-6-13/h5-9,11H,10,19-20H2,1-4H3/b14-9+. The van der Waals surface area contributed by atoms with Gasteiger partial charge < -0.3 is 16.2 Å². The fourth-order valence-corrected chi connectivity index (χ4v) is 3.18. The number of nitrogens with zero attached hydrogens (tertiary/aromatic N) is 2. The van der Waals surface area contributed by atoms with Gasteiger partial charge in [-0.25, -0.2) is 4.79 Å². The van der Waals surface area contributed by atoms with Crippen LogP contribution in [0.1, 0.15) is 36.8 Å². The van der Waals surface area contributed by atoms with Gasteiger partial charge in [0.1, 0.15) is 5.60 Å². The Labute approximate surface area is 152 Å². The Bertz CT molecular complexity index is 763. The van der Waals surface area contributed by atoms with Gasteiger partial charge >= 0.3 is 6.09 Å². The molecule has 2 rings (SSSR count). The van der Waals surface area contributed by atoms with E-state index < -0.39 is 11.7 Å². The molecule has 2 aromatic rings. The molecule has 0 unspecified atom stereocenters. The van der Waals surface area contributed by atoms with E-state index in [4.69, 9.17) is 16.2 Å². The zero-order valence-corrected chi connectivity index (χ0v) is 15.8. The predicted molar refractivity (Wildman–Crippen MR) is 102 cm³/mol. The normalized spacial score (nSPS) is 12.1. The molecule has 0 atom stereocenters. The van der Waals surface area contributed by atoms with Crippen LogP contribution in [0.2, 0.25) is 0 Å². The smallest absolute Gasteiger partial charge is 0.415 e. The first-order valence-electron chi connectivity index (χ1n) is 7.88. The number of thiophene rings is 1. The second kappa shape index (κ2) is 7.57. The summed E-state index contributed by atoms with van der Waals surface area (Å²) < 4.78 is 5.56. The molecule has 0 aliphatic rings. The van der Waals surface area contributed by atoms with Crippen molar-refractivity contribution in [3.05, 3.63) is 52.1 Å². The van der Waals surface area contributed by atoms with E-state index in [1.54, 1.807) is 12.4 Å². The Morgan fingerprint density at radius 3 is 2.48 bits per heavy atom. The SMILES string of the molecule is Cc1csc(/C(=C\N)N(Cc2ccncc2)C(=O)OC(C)(C)C)c1N. The summed E-state index contributed by atoms with van der Waals surface area (Å²) in [5.41, 5.74) is 14.4. The molecule has 0 spiro atoms. The number of carbonyl (C=O) groups is 1. The van der Waals surface area contributed by atoms with E-state index in [9.17, 15) is 4.79 Å². The molecular formula is C18H24N4O2S. The van der Waals surface area contributed by atoms with Crippen LogP contribution in [0.15, 0.2) is 36.1 Å². The maximum absolute atomic E-state index is 12.8. The minimum Gasteiger partial charge on any atom is -0.443 e. The van der Waals surface area contributed by atoms with Gasteiger partial charge in [-0.3, -0.25) is 9.88 Å². The van der Waals surface area contributed by atoms with E-state index in [1.807, 2.05) is 45.2 Å². The fraction of sp³-hybridized carbons (Fsp3) is 0.333. The monoisotopic (exact) mass is 360 g/mol. The van der Waals surface area contributed by atoms with Crippen molar-refractivity contribution in [2.45, 2.75) is 39.8 Å². The number of nitrogen functional groups attached to an aromatic ring is 1. The molecule has 6 nitrogen and oxygen atoms in total. The average molecular weight is 360 g/mol. The highest BCUT2D eigenvalue weighted by Crippen LogP contribution is 2.34. The van der Waals surface area contributed by atoms with Crippen LogP contribution in [-0.2, 0) is 11.3 Å². The van der Waals surface area contributed by atoms with Gasteiger partial charge in [-0.05, 0) is 56.3 Å². The number of nitrogens with two attached hydrogens (primary N) is 2. The molecule has 4 N–H and O–H groups in total. The lowest BCUT2D eigenvalue weighted by Gasteiger charge is -2.29. The minimum absolute atomic E-state index is 0.302. The zero-order chi connectivity index (χ0) is 18.6. The maximum atomic E-state index is 12.8. The molecular weight excluding hydrogens is 336 g/mol. The Hall–Kier alpha value is -2.54. The Kier molecular flexibility index (Phi) is 5.69. The molecule has 2 aromatic heterocycles. The van der Waals surface area contributed by atoms with Crippen LogP contribution in [0.5, 0.6) is 0 Å². The number of hydrogen-bond donors (Lipinski definition) is 2. The van der Waals surface area contributed by atoms with Crippen LogP contribution >= 0.6 is 11.3 Å². The highest BCUT2D eigenvalue weighted by atomic mass is 32.1. The number of aryl methyl sites for hydroxylation is 1.